The summed E-state index contributed by atoms with van der Waals surface area (Å²) in [5, 5.41) is 1.62. The van der Waals surface area contributed by atoms with Gasteiger partial charge in [0.05, 0.1) is 5.69 Å². The van der Waals surface area contributed by atoms with Crippen LogP contribution in [-0.2, 0) is 6.61 Å². The minimum atomic E-state index is -2.24. The summed E-state index contributed by atoms with van der Waals surface area (Å²) in [6.45, 7) is -0.466. The maximum atomic E-state index is 13.2. The van der Waals surface area contributed by atoms with Crippen molar-refractivity contribution in [3.8, 4) is 5.75 Å². The van der Waals surface area contributed by atoms with E-state index < -0.39 is 41.4 Å². The number of anilines is 1. The predicted molar refractivity (Wildman–Crippen MR) is 57.1 cm³/mol. The number of nitrogens with zero attached hydrogens (tertiary/aromatic N) is 1. The Balaban J connectivity index is 2.30. The van der Waals surface area contributed by atoms with Gasteiger partial charge in [0.2, 0.25) is 29.1 Å². The molecule has 0 saturated carbocycles. The third-order valence-electron chi connectivity index (χ3n) is 2.10. The number of nitrogens with two attached hydrogens (primary N) is 1. The Morgan fingerprint density at radius 3 is 2.00 bits per heavy atom. The Morgan fingerprint density at radius 2 is 1.53 bits per heavy atom. The van der Waals surface area contributed by atoms with E-state index in [0.29, 0.717) is 0 Å². The Bertz CT molecular complexity index is 602. The molecule has 0 unspecified atom stereocenters. The van der Waals surface area contributed by atoms with Gasteiger partial charge in [-0.05, 0) is 0 Å². The van der Waals surface area contributed by atoms with Crippen LogP contribution in [0, 0.1) is 29.1 Å². The Kier molecular flexibility index (Phi) is 3.56. The SMILES string of the molecule is Nc1nc(COc2c(F)c(F)c(F)c(F)c2F)cs1. The summed E-state index contributed by atoms with van der Waals surface area (Å²) in [5.41, 5.74) is 5.52. The van der Waals surface area contributed by atoms with Crippen LogP contribution in [0.5, 0.6) is 5.75 Å². The molecule has 2 rings (SSSR count). The van der Waals surface area contributed by atoms with Gasteiger partial charge in [0.25, 0.3) is 0 Å². The molecule has 1 heterocycles. The molecule has 0 saturated heterocycles. The lowest BCUT2D eigenvalue weighted by Gasteiger charge is -2.08. The quantitative estimate of drug-likeness (QED) is 0.538. The molecule has 0 aliphatic heterocycles. The first-order valence-corrected chi connectivity index (χ1v) is 5.64. The van der Waals surface area contributed by atoms with E-state index in [0.717, 1.165) is 11.3 Å². The molecule has 0 amide bonds. The van der Waals surface area contributed by atoms with Crippen molar-refractivity contribution in [2.24, 2.45) is 0 Å². The minimum Gasteiger partial charge on any atom is -0.481 e. The summed E-state index contributed by atoms with van der Waals surface area (Å²) < 4.78 is 69.5. The molecular formula is C10H5F5N2OS. The van der Waals surface area contributed by atoms with Gasteiger partial charge in [-0.1, -0.05) is 0 Å². The molecule has 2 N–H and O–H groups in total. The van der Waals surface area contributed by atoms with Crippen LogP contribution in [0.4, 0.5) is 27.1 Å². The van der Waals surface area contributed by atoms with E-state index in [9.17, 15) is 22.0 Å². The summed E-state index contributed by atoms with van der Waals surface area (Å²) in [7, 11) is 0. The number of aromatic nitrogens is 1. The van der Waals surface area contributed by atoms with Gasteiger partial charge in [0, 0.05) is 5.38 Å². The van der Waals surface area contributed by atoms with Gasteiger partial charge in [0.15, 0.2) is 10.9 Å². The predicted octanol–water partition coefficient (Wildman–Crippen LogP) is 3.00. The average molecular weight is 296 g/mol. The zero-order valence-electron chi connectivity index (χ0n) is 9.02. The highest BCUT2D eigenvalue weighted by Gasteiger charge is 2.27. The average Bonchev–Trinajstić information content (AvgIpc) is 2.80. The number of nitrogen functional groups attached to an aromatic ring is 1. The van der Waals surface area contributed by atoms with E-state index in [1.165, 1.54) is 5.38 Å². The zero-order chi connectivity index (χ0) is 14.2. The zero-order valence-corrected chi connectivity index (χ0v) is 9.83. The van der Waals surface area contributed by atoms with E-state index in [4.69, 9.17) is 5.73 Å². The normalized spacial score (nSPS) is 10.8. The number of benzene rings is 1. The van der Waals surface area contributed by atoms with Crippen LogP contribution < -0.4 is 10.5 Å². The van der Waals surface area contributed by atoms with E-state index in [-0.39, 0.29) is 10.8 Å². The third kappa shape index (κ3) is 2.46. The Morgan fingerprint density at radius 1 is 1.00 bits per heavy atom. The fourth-order valence-corrected chi connectivity index (χ4v) is 1.79. The minimum absolute atomic E-state index is 0.191. The fourth-order valence-electron chi connectivity index (χ4n) is 1.25. The first-order chi connectivity index (χ1) is 8.91. The molecule has 0 bridgehead atoms. The number of ether oxygens (including phenoxy) is 1. The number of thiazole rings is 1. The van der Waals surface area contributed by atoms with Crippen molar-refractivity contribution in [2.45, 2.75) is 6.61 Å². The van der Waals surface area contributed by atoms with E-state index in [2.05, 4.69) is 9.72 Å². The number of halogens is 5. The highest BCUT2D eigenvalue weighted by Crippen LogP contribution is 2.29. The maximum Gasteiger partial charge on any atom is 0.207 e. The van der Waals surface area contributed by atoms with Crippen LogP contribution in [0.25, 0.3) is 0 Å². The molecule has 0 atom stereocenters. The molecular weight excluding hydrogens is 291 g/mol. The molecule has 1 aromatic carbocycles. The molecule has 0 spiro atoms. The van der Waals surface area contributed by atoms with E-state index in [1.54, 1.807) is 0 Å². The summed E-state index contributed by atoms with van der Waals surface area (Å²) in [5.74, 6) is -11.8. The van der Waals surface area contributed by atoms with Crippen LogP contribution in [0.2, 0.25) is 0 Å². The second-order valence-electron chi connectivity index (χ2n) is 3.36. The lowest BCUT2D eigenvalue weighted by atomic mass is 10.2. The van der Waals surface area contributed by atoms with E-state index >= 15 is 0 Å². The van der Waals surface area contributed by atoms with Gasteiger partial charge < -0.3 is 10.5 Å². The molecule has 0 fully saturated rings. The van der Waals surface area contributed by atoms with Gasteiger partial charge in [-0.25, -0.2) is 18.2 Å². The molecule has 9 heteroatoms. The smallest absolute Gasteiger partial charge is 0.207 e. The maximum absolute atomic E-state index is 13.2. The number of rotatable bonds is 3. The number of hydrogen-bond acceptors (Lipinski definition) is 4. The second-order valence-corrected chi connectivity index (χ2v) is 4.25. The molecule has 0 aliphatic carbocycles. The molecule has 0 radical (unpaired) electrons. The van der Waals surface area contributed by atoms with Gasteiger partial charge in [0.1, 0.15) is 6.61 Å². The molecule has 1 aromatic heterocycles. The summed E-state index contributed by atoms with van der Waals surface area (Å²) in [6.07, 6.45) is 0. The number of hydrogen-bond donors (Lipinski definition) is 1. The molecule has 3 nitrogen and oxygen atoms in total. The Labute approximate surface area is 107 Å². The standard InChI is InChI=1S/C10H5F5N2OS/c11-4-5(12)7(14)9(8(15)6(4)13)18-1-3-2-19-10(16)17-3/h2H,1H2,(H2,16,17). The second kappa shape index (κ2) is 5.00. The topological polar surface area (TPSA) is 48.1 Å². The third-order valence-corrected chi connectivity index (χ3v) is 2.83. The van der Waals surface area contributed by atoms with Crippen LogP contribution >= 0.6 is 11.3 Å². The summed E-state index contributed by atoms with van der Waals surface area (Å²) in [6, 6.07) is 0. The van der Waals surface area contributed by atoms with Crippen molar-refractivity contribution in [1.29, 1.82) is 0 Å². The van der Waals surface area contributed by atoms with Crippen LogP contribution in [-0.4, -0.2) is 4.98 Å². The van der Waals surface area contributed by atoms with Crippen molar-refractivity contribution in [3.05, 3.63) is 40.2 Å². The summed E-state index contributed by atoms with van der Waals surface area (Å²) in [4.78, 5) is 3.71. The molecule has 102 valence electrons. The fraction of sp³-hybridized carbons (Fsp3) is 0.100. The van der Waals surface area contributed by atoms with Crippen molar-refractivity contribution in [2.75, 3.05) is 5.73 Å². The highest BCUT2D eigenvalue weighted by molar-refractivity contribution is 7.13. The lowest BCUT2D eigenvalue weighted by Crippen LogP contribution is -2.07. The first-order valence-electron chi connectivity index (χ1n) is 4.76. The molecule has 2 aromatic rings. The van der Waals surface area contributed by atoms with Gasteiger partial charge >= 0.3 is 0 Å². The first kappa shape index (κ1) is 13.5. The molecule has 19 heavy (non-hydrogen) atoms. The van der Waals surface area contributed by atoms with Crippen molar-refractivity contribution in [3.63, 3.8) is 0 Å². The van der Waals surface area contributed by atoms with Crippen molar-refractivity contribution >= 4 is 16.5 Å². The van der Waals surface area contributed by atoms with Crippen LogP contribution in [0.15, 0.2) is 5.38 Å². The highest BCUT2D eigenvalue weighted by atomic mass is 32.1. The molecule has 0 aliphatic rings. The van der Waals surface area contributed by atoms with Crippen molar-refractivity contribution in [1.82, 2.24) is 4.98 Å². The monoisotopic (exact) mass is 296 g/mol. The largest absolute Gasteiger partial charge is 0.481 e. The van der Waals surface area contributed by atoms with Crippen molar-refractivity contribution < 1.29 is 26.7 Å². The summed E-state index contributed by atoms with van der Waals surface area (Å²) >= 11 is 1.05. The van der Waals surface area contributed by atoms with Gasteiger partial charge in [-0.2, -0.15) is 8.78 Å². The van der Waals surface area contributed by atoms with Crippen LogP contribution in [0.1, 0.15) is 5.69 Å². The van der Waals surface area contributed by atoms with Gasteiger partial charge in [-0.3, -0.25) is 0 Å². The van der Waals surface area contributed by atoms with Crippen LogP contribution in [0.3, 0.4) is 0 Å². The van der Waals surface area contributed by atoms with Gasteiger partial charge in [-0.15, -0.1) is 11.3 Å². The lowest BCUT2D eigenvalue weighted by molar-refractivity contribution is 0.251. The van der Waals surface area contributed by atoms with E-state index in [1.807, 2.05) is 0 Å². The Hall–Kier alpha value is -1.90.